The number of hydrogen-bond donors (Lipinski definition) is 1. The van der Waals surface area contributed by atoms with E-state index in [1.165, 1.54) is 32.1 Å². The lowest BCUT2D eigenvalue weighted by atomic mass is 10.2. The molecule has 18 heavy (non-hydrogen) atoms. The third-order valence-electron chi connectivity index (χ3n) is 3.84. The van der Waals surface area contributed by atoms with Gasteiger partial charge in [0.2, 0.25) is 0 Å². The topological polar surface area (TPSA) is 33.1 Å². The van der Waals surface area contributed by atoms with Gasteiger partial charge >= 0.3 is 0 Å². The van der Waals surface area contributed by atoms with Crippen LogP contribution in [0.1, 0.15) is 37.9 Å². The smallest absolute Gasteiger partial charge is 0.122 e. The van der Waals surface area contributed by atoms with E-state index in [1.807, 2.05) is 12.4 Å². The molecule has 0 radical (unpaired) electrons. The molecule has 1 aliphatic rings. The first-order valence-electron chi connectivity index (χ1n) is 7.14. The summed E-state index contributed by atoms with van der Waals surface area (Å²) in [6.45, 7) is 3.22. The highest BCUT2D eigenvalue weighted by Crippen LogP contribution is 2.17. The molecular weight excluding hydrogens is 224 g/mol. The molecule has 1 heterocycles. The zero-order chi connectivity index (χ0) is 12.8. The highest BCUT2D eigenvalue weighted by atomic mass is 15.1. The second-order valence-corrected chi connectivity index (χ2v) is 5.48. The summed E-state index contributed by atoms with van der Waals surface area (Å²) in [4.78, 5) is 6.70. The van der Waals surface area contributed by atoms with Gasteiger partial charge in [-0.25, -0.2) is 4.98 Å². The molecule has 0 aliphatic heterocycles. The Kier molecular flexibility index (Phi) is 5.20. The van der Waals surface area contributed by atoms with Crippen molar-refractivity contribution in [1.29, 1.82) is 0 Å². The monoisotopic (exact) mass is 250 g/mol. The molecule has 1 aromatic heterocycles. The minimum absolute atomic E-state index is 0.796. The van der Waals surface area contributed by atoms with Crippen LogP contribution in [0.2, 0.25) is 0 Å². The second-order valence-electron chi connectivity index (χ2n) is 5.48. The summed E-state index contributed by atoms with van der Waals surface area (Å²) in [5.74, 6) is 1.14. The maximum absolute atomic E-state index is 4.35. The lowest BCUT2D eigenvalue weighted by Crippen LogP contribution is -2.30. The Bertz CT molecular complexity index is 341. The number of imidazole rings is 1. The predicted octanol–water partition coefficient (Wildman–Crippen LogP) is 1.77. The van der Waals surface area contributed by atoms with E-state index in [2.05, 4.69) is 33.9 Å². The molecule has 0 bridgehead atoms. The van der Waals surface area contributed by atoms with Crippen LogP contribution in [0, 0.1) is 0 Å². The molecule has 4 heteroatoms. The molecule has 0 spiro atoms. The van der Waals surface area contributed by atoms with Crippen LogP contribution in [-0.2, 0) is 13.6 Å². The van der Waals surface area contributed by atoms with E-state index in [-0.39, 0.29) is 0 Å². The molecule has 2 rings (SSSR count). The van der Waals surface area contributed by atoms with Crippen molar-refractivity contribution in [3.05, 3.63) is 18.2 Å². The van der Waals surface area contributed by atoms with Gasteiger partial charge in [0.1, 0.15) is 5.82 Å². The zero-order valence-electron chi connectivity index (χ0n) is 11.7. The first-order chi connectivity index (χ1) is 8.75. The molecule has 1 N–H and O–H groups in total. The van der Waals surface area contributed by atoms with Gasteiger partial charge in [0.15, 0.2) is 0 Å². The van der Waals surface area contributed by atoms with Crippen LogP contribution in [0.4, 0.5) is 0 Å². The van der Waals surface area contributed by atoms with Crippen LogP contribution in [0.15, 0.2) is 12.4 Å². The minimum atomic E-state index is 0.796. The third kappa shape index (κ3) is 4.10. The highest BCUT2D eigenvalue weighted by Gasteiger charge is 2.13. The van der Waals surface area contributed by atoms with Crippen molar-refractivity contribution < 1.29 is 0 Å². The Labute approximate surface area is 110 Å². The van der Waals surface area contributed by atoms with E-state index in [4.69, 9.17) is 0 Å². The molecule has 0 aromatic carbocycles. The van der Waals surface area contributed by atoms with Crippen molar-refractivity contribution in [2.75, 3.05) is 20.1 Å². The normalized spacial score (nSPS) is 16.8. The number of aromatic nitrogens is 2. The summed E-state index contributed by atoms with van der Waals surface area (Å²) < 4.78 is 2.09. The Morgan fingerprint density at radius 3 is 2.89 bits per heavy atom. The molecule has 1 fully saturated rings. The van der Waals surface area contributed by atoms with Crippen LogP contribution in [0.25, 0.3) is 0 Å². The maximum Gasteiger partial charge on any atom is 0.122 e. The van der Waals surface area contributed by atoms with Crippen molar-refractivity contribution >= 4 is 0 Å². The summed E-state index contributed by atoms with van der Waals surface area (Å²) in [6.07, 6.45) is 10.7. The molecule has 4 nitrogen and oxygen atoms in total. The van der Waals surface area contributed by atoms with Gasteiger partial charge in [-0.2, -0.15) is 0 Å². The fourth-order valence-corrected chi connectivity index (χ4v) is 2.65. The van der Waals surface area contributed by atoms with E-state index in [1.54, 1.807) is 0 Å². The van der Waals surface area contributed by atoms with Crippen LogP contribution in [0.5, 0.6) is 0 Å². The van der Waals surface area contributed by atoms with Crippen LogP contribution < -0.4 is 5.32 Å². The van der Waals surface area contributed by atoms with Crippen molar-refractivity contribution in [2.45, 2.75) is 44.7 Å². The van der Waals surface area contributed by atoms with Gasteiger partial charge in [-0.3, -0.25) is 4.90 Å². The Hall–Kier alpha value is -0.870. The van der Waals surface area contributed by atoms with Crippen molar-refractivity contribution in [2.24, 2.45) is 7.05 Å². The number of rotatable bonds is 7. The molecule has 1 saturated carbocycles. The standard InChI is InChI=1S/C14H26N4/c1-17(12-14-16-9-11-18(14)2)10-5-8-15-13-6-3-4-7-13/h9,11,13,15H,3-8,10,12H2,1-2H3. The van der Waals surface area contributed by atoms with Gasteiger partial charge < -0.3 is 9.88 Å². The number of nitrogens with one attached hydrogen (secondary N) is 1. The van der Waals surface area contributed by atoms with Crippen molar-refractivity contribution in [3.8, 4) is 0 Å². The number of aryl methyl sites for hydroxylation is 1. The molecule has 0 amide bonds. The Morgan fingerprint density at radius 1 is 1.44 bits per heavy atom. The zero-order valence-corrected chi connectivity index (χ0v) is 11.7. The maximum atomic E-state index is 4.35. The van der Waals surface area contributed by atoms with E-state index >= 15 is 0 Å². The van der Waals surface area contributed by atoms with Gasteiger partial charge in [-0.05, 0) is 39.4 Å². The molecule has 0 saturated heterocycles. The summed E-state index contributed by atoms with van der Waals surface area (Å²) in [5, 5.41) is 3.66. The molecule has 1 aliphatic carbocycles. The quantitative estimate of drug-likeness (QED) is 0.749. The predicted molar refractivity (Wildman–Crippen MR) is 74.4 cm³/mol. The van der Waals surface area contributed by atoms with Gasteiger partial charge in [-0.15, -0.1) is 0 Å². The van der Waals surface area contributed by atoms with Gasteiger partial charge in [-0.1, -0.05) is 12.8 Å². The Balaban J connectivity index is 1.57. The van der Waals surface area contributed by atoms with Crippen LogP contribution >= 0.6 is 0 Å². The lowest BCUT2D eigenvalue weighted by Gasteiger charge is -2.17. The largest absolute Gasteiger partial charge is 0.337 e. The van der Waals surface area contributed by atoms with Gasteiger partial charge in [0, 0.05) is 25.5 Å². The molecule has 1 aromatic rings. The summed E-state index contributed by atoms with van der Waals surface area (Å²) in [5.41, 5.74) is 0. The van der Waals surface area contributed by atoms with E-state index < -0.39 is 0 Å². The lowest BCUT2D eigenvalue weighted by molar-refractivity contribution is 0.305. The fraction of sp³-hybridized carbons (Fsp3) is 0.786. The SMILES string of the molecule is CN(CCCNC1CCCC1)Cc1nccn1C. The van der Waals surface area contributed by atoms with E-state index in [0.717, 1.165) is 31.5 Å². The van der Waals surface area contributed by atoms with Gasteiger partial charge in [0.25, 0.3) is 0 Å². The number of nitrogens with zero attached hydrogens (tertiary/aromatic N) is 3. The van der Waals surface area contributed by atoms with E-state index in [0.29, 0.717) is 0 Å². The number of hydrogen-bond acceptors (Lipinski definition) is 3. The fourth-order valence-electron chi connectivity index (χ4n) is 2.65. The first-order valence-corrected chi connectivity index (χ1v) is 7.14. The molecular formula is C14H26N4. The van der Waals surface area contributed by atoms with Gasteiger partial charge in [0.05, 0.1) is 6.54 Å². The molecule has 0 unspecified atom stereocenters. The summed E-state index contributed by atoms with van der Waals surface area (Å²) in [7, 11) is 4.22. The van der Waals surface area contributed by atoms with Crippen LogP contribution in [-0.4, -0.2) is 40.6 Å². The average Bonchev–Trinajstić information content (AvgIpc) is 2.98. The third-order valence-corrected chi connectivity index (χ3v) is 3.84. The van der Waals surface area contributed by atoms with Crippen LogP contribution in [0.3, 0.4) is 0 Å². The summed E-state index contributed by atoms with van der Waals surface area (Å²) >= 11 is 0. The average molecular weight is 250 g/mol. The Morgan fingerprint density at radius 2 is 2.22 bits per heavy atom. The molecule has 0 atom stereocenters. The van der Waals surface area contributed by atoms with E-state index in [9.17, 15) is 0 Å². The second kappa shape index (κ2) is 6.90. The summed E-state index contributed by atoms with van der Waals surface area (Å²) in [6, 6.07) is 0.796. The molecule has 102 valence electrons. The first kappa shape index (κ1) is 13.6. The minimum Gasteiger partial charge on any atom is -0.337 e. The highest BCUT2D eigenvalue weighted by molar-refractivity contribution is 4.90. The van der Waals surface area contributed by atoms with Crippen molar-refractivity contribution in [1.82, 2.24) is 19.8 Å². The van der Waals surface area contributed by atoms with Crippen molar-refractivity contribution in [3.63, 3.8) is 0 Å².